The third kappa shape index (κ3) is 2.44. The first-order valence-electron chi connectivity index (χ1n) is 4.78. The first kappa shape index (κ1) is 11.9. The zero-order valence-corrected chi connectivity index (χ0v) is 11.2. The Kier molecular flexibility index (Phi) is 4.30. The molecular formula is C12H18P2. The SMILES string of the molecule is C=C(C)c1c(C)cc(CP)cc1CP. The van der Waals surface area contributed by atoms with Gasteiger partial charge in [-0.2, -0.15) is 0 Å². The van der Waals surface area contributed by atoms with Gasteiger partial charge in [-0.15, -0.1) is 18.5 Å². The van der Waals surface area contributed by atoms with Crippen LogP contribution in [0.2, 0.25) is 0 Å². The topological polar surface area (TPSA) is 0 Å². The lowest BCUT2D eigenvalue weighted by Crippen LogP contribution is -1.95. The Morgan fingerprint density at radius 3 is 2.36 bits per heavy atom. The van der Waals surface area contributed by atoms with E-state index in [1.54, 1.807) is 0 Å². The Hall–Kier alpha value is -0.180. The number of hydrogen-bond donors (Lipinski definition) is 0. The third-order valence-electron chi connectivity index (χ3n) is 2.36. The van der Waals surface area contributed by atoms with Gasteiger partial charge in [0.25, 0.3) is 0 Å². The summed E-state index contributed by atoms with van der Waals surface area (Å²) in [6.07, 6.45) is 2.02. The van der Waals surface area contributed by atoms with E-state index in [1.165, 1.54) is 22.3 Å². The van der Waals surface area contributed by atoms with Gasteiger partial charge >= 0.3 is 0 Å². The number of benzene rings is 1. The summed E-state index contributed by atoms with van der Waals surface area (Å²) in [6, 6.07) is 4.53. The van der Waals surface area contributed by atoms with E-state index < -0.39 is 0 Å². The maximum Gasteiger partial charge on any atom is -0.0122 e. The molecule has 76 valence electrons. The largest absolute Gasteiger partial charge is 0.133 e. The van der Waals surface area contributed by atoms with Gasteiger partial charge in [0.05, 0.1) is 0 Å². The molecule has 0 bridgehead atoms. The van der Waals surface area contributed by atoms with E-state index >= 15 is 0 Å². The quantitative estimate of drug-likeness (QED) is 0.685. The molecule has 1 rings (SSSR count). The second-order valence-electron chi connectivity index (χ2n) is 3.64. The van der Waals surface area contributed by atoms with Crippen LogP contribution in [0.3, 0.4) is 0 Å². The minimum Gasteiger partial charge on any atom is -0.133 e. The predicted molar refractivity (Wildman–Crippen MR) is 72.7 cm³/mol. The van der Waals surface area contributed by atoms with Crippen LogP contribution in [-0.4, -0.2) is 0 Å². The van der Waals surface area contributed by atoms with Crippen molar-refractivity contribution in [2.24, 2.45) is 0 Å². The van der Waals surface area contributed by atoms with Gasteiger partial charge in [-0.3, -0.25) is 0 Å². The fourth-order valence-electron chi connectivity index (χ4n) is 1.83. The number of rotatable bonds is 3. The summed E-state index contributed by atoms with van der Waals surface area (Å²) in [5, 5.41) is 0. The third-order valence-corrected chi connectivity index (χ3v) is 3.27. The molecule has 0 fully saturated rings. The molecule has 0 heterocycles. The van der Waals surface area contributed by atoms with Crippen LogP contribution >= 0.6 is 18.5 Å². The summed E-state index contributed by atoms with van der Waals surface area (Å²) >= 11 is 0. The van der Waals surface area contributed by atoms with Gasteiger partial charge in [-0.05, 0) is 48.4 Å². The lowest BCUT2D eigenvalue weighted by molar-refractivity contribution is 1.25. The van der Waals surface area contributed by atoms with Crippen molar-refractivity contribution in [3.8, 4) is 0 Å². The highest BCUT2D eigenvalue weighted by Gasteiger charge is 2.06. The maximum atomic E-state index is 4.04. The fourth-order valence-corrected chi connectivity index (χ4v) is 2.39. The summed E-state index contributed by atoms with van der Waals surface area (Å²) < 4.78 is 0. The van der Waals surface area contributed by atoms with Crippen LogP contribution in [0.25, 0.3) is 5.57 Å². The van der Waals surface area contributed by atoms with E-state index in [0.717, 1.165) is 17.9 Å². The molecule has 0 saturated carbocycles. The Labute approximate surface area is 91.6 Å². The molecule has 2 heteroatoms. The van der Waals surface area contributed by atoms with Crippen LogP contribution < -0.4 is 0 Å². The fraction of sp³-hybridized carbons (Fsp3) is 0.333. The first-order chi connectivity index (χ1) is 6.60. The lowest BCUT2D eigenvalue weighted by atomic mass is 9.95. The van der Waals surface area contributed by atoms with Crippen LogP contribution in [0, 0.1) is 6.92 Å². The Morgan fingerprint density at radius 2 is 1.93 bits per heavy atom. The zero-order valence-electron chi connectivity index (χ0n) is 8.93. The summed E-state index contributed by atoms with van der Waals surface area (Å²) in [4.78, 5) is 0. The molecule has 14 heavy (non-hydrogen) atoms. The molecule has 0 radical (unpaired) electrons. The second-order valence-corrected chi connectivity index (χ2v) is 4.45. The minimum atomic E-state index is 1.00. The van der Waals surface area contributed by atoms with E-state index in [-0.39, 0.29) is 0 Å². The molecule has 0 N–H and O–H groups in total. The normalized spacial score (nSPS) is 10.3. The highest BCUT2D eigenvalue weighted by atomic mass is 31.0. The number of aryl methyl sites for hydroxylation is 1. The van der Waals surface area contributed by atoms with E-state index in [4.69, 9.17) is 0 Å². The molecule has 0 aromatic heterocycles. The molecular weight excluding hydrogens is 206 g/mol. The van der Waals surface area contributed by atoms with Gasteiger partial charge in [-0.1, -0.05) is 24.3 Å². The van der Waals surface area contributed by atoms with Gasteiger partial charge in [0, 0.05) is 0 Å². The van der Waals surface area contributed by atoms with Crippen LogP contribution in [0.1, 0.15) is 29.2 Å². The highest BCUT2D eigenvalue weighted by molar-refractivity contribution is 7.15. The van der Waals surface area contributed by atoms with E-state index in [0.29, 0.717) is 0 Å². The molecule has 0 nitrogen and oxygen atoms in total. The molecule has 0 aliphatic heterocycles. The Bertz CT molecular complexity index is 354. The average molecular weight is 224 g/mol. The minimum absolute atomic E-state index is 1.00. The van der Waals surface area contributed by atoms with Gasteiger partial charge < -0.3 is 0 Å². The maximum absolute atomic E-state index is 4.04. The van der Waals surface area contributed by atoms with Crippen molar-refractivity contribution in [2.45, 2.75) is 26.2 Å². The molecule has 1 aromatic rings. The van der Waals surface area contributed by atoms with Gasteiger partial charge in [0.2, 0.25) is 0 Å². The Morgan fingerprint density at radius 1 is 1.29 bits per heavy atom. The van der Waals surface area contributed by atoms with E-state index in [9.17, 15) is 0 Å². The van der Waals surface area contributed by atoms with Gasteiger partial charge in [0.1, 0.15) is 0 Å². The molecule has 0 aliphatic carbocycles. The average Bonchev–Trinajstić information content (AvgIpc) is 2.15. The second kappa shape index (κ2) is 5.06. The van der Waals surface area contributed by atoms with Crippen LogP contribution in [-0.2, 0) is 12.3 Å². The highest BCUT2D eigenvalue weighted by Crippen LogP contribution is 2.26. The number of hydrogen-bond acceptors (Lipinski definition) is 0. The smallest absolute Gasteiger partial charge is 0.0122 e. The summed E-state index contributed by atoms with van der Waals surface area (Å²) in [5.74, 6) is 0. The Balaban J connectivity index is 3.34. The van der Waals surface area contributed by atoms with Crippen LogP contribution in [0.4, 0.5) is 0 Å². The van der Waals surface area contributed by atoms with Gasteiger partial charge in [-0.25, -0.2) is 0 Å². The summed E-state index contributed by atoms with van der Waals surface area (Å²) in [5.41, 5.74) is 6.61. The van der Waals surface area contributed by atoms with Crippen LogP contribution in [0.15, 0.2) is 18.7 Å². The standard InChI is InChI=1S/C12H18P2/c1-8(2)12-9(3)4-10(6-13)5-11(12)7-14/h4-5H,1,6-7,13-14H2,2-3H3. The van der Waals surface area contributed by atoms with Crippen molar-refractivity contribution in [1.82, 2.24) is 0 Å². The zero-order chi connectivity index (χ0) is 10.7. The number of allylic oxidation sites excluding steroid dienone is 1. The molecule has 0 aliphatic rings. The van der Waals surface area contributed by atoms with Crippen molar-refractivity contribution >= 4 is 24.1 Å². The molecule has 0 amide bonds. The van der Waals surface area contributed by atoms with Crippen molar-refractivity contribution in [3.05, 3.63) is 41.0 Å². The monoisotopic (exact) mass is 224 g/mol. The molecule has 1 aromatic carbocycles. The van der Waals surface area contributed by atoms with Crippen molar-refractivity contribution < 1.29 is 0 Å². The van der Waals surface area contributed by atoms with Crippen molar-refractivity contribution in [3.63, 3.8) is 0 Å². The molecule has 0 spiro atoms. The summed E-state index contributed by atoms with van der Waals surface area (Å²) in [6.45, 7) is 8.28. The molecule has 0 saturated heterocycles. The van der Waals surface area contributed by atoms with E-state index in [1.807, 2.05) is 0 Å². The first-order valence-corrected chi connectivity index (χ1v) is 6.41. The predicted octanol–water partition coefficient (Wildman–Crippen LogP) is 3.78. The van der Waals surface area contributed by atoms with E-state index in [2.05, 4.69) is 51.0 Å². The lowest BCUT2D eigenvalue weighted by Gasteiger charge is -2.13. The molecule has 2 atom stereocenters. The van der Waals surface area contributed by atoms with Crippen molar-refractivity contribution in [2.75, 3.05) is 0 Å². The van der Waals surface area contributed by atoms with Gasteiger partial charge in [0.15, 0.2) is 0 Å². The van der Waals surface area contributed by atoms with Crippen LogP contribution in [0.5, 0.6) is 0 Å². The summed E-state index contributed by atoms with van der Waals surface area (Å²) in [7, 11) is 5.56. The molecule has 2 unspecified atom stereocenters. The van der Waals surface area contributed by atoms with Crippen molar-refractivity contribution in [1.29, 1.82) is 0 Å².